The number of halogens is 2. The molecule has 0 aliphatic carbocycles. The minimum absolute atomic E-state index is 0.175. The highest BCUT2D eigenvalue weighted by molar-refractivity contribution is 7.99. The van der Waals surface area contributed by atoms with Crippen molar-refractivity contribution in [3.63, 3.8) is 0 Å². The van der Waals surface area contributed by atoms with E-state index in [9.17, 15) is 5.11 Å². The number of benzene rings is 2. The molecule has 0 radical (unpaired) electrons. The van der Waals surface area contributed by atoms with Crippen LogP contribution in [0.1, 0.15) is 12.8 Å². The predicted octanol–water partition coefficient (Wildman–Crippen LogP) is 5.04. The summed E-state index contributed by atoms with van der Waals surface area (Å²) in [5.74, 6) is 0.962. The average Bonchev–Trinajstić information content (AvgIpc) is 3.06. The van der Waals surface area contributed by atoms with Crippen molar-refractivity contribution in [1.29, 1.82) is 0 Å². The van der Waals surface area contributed by atoms with Gasteiger partial charge in [0.1, 0.15) is 5.60 Å². The Morgan fingerprint density at radius 3 is 2.25 bits per heavy atom. The van der Waals surface area contributed by atoms with Crippen molar-refractivity contribution >= 4 is 35.0 Å². The lowest BCUT2D eigenvalue weighted by Crippen LogP contribution is -2.24. The molecule has 1 atom stereocenters. The molecule has 0 aliphatic rings. The quantitative estimate of drug-likeness (QED) is 0.628. The van der Waals surface area contributed by atoms with E-state index in [-0.39, 0.29) is 5.89 Å². The first kappa shape index (κ1) is 17.3. The summed E-state index contributed by atoms with van der Waals surface area (Å²) in [4.78, 5) is 5.30. The van der Waals surface area contributed by atoms with Crippen molar-refractivity contribution in [2.45, 2.75) is 17.4 Å². The largest absolute Gasteiger partial charge is 0.379 e. The minimum Gasteiger partial charge on any atom is -0.379 e. The third-order valence-corrected chi connectivity index (χ3v) is 5.14. The van der Waals surface area contributed by atoms with E-state index < -0.39 is 5.60 Å². The Hall–Kier alpha value is -1.53. The smallest absolute Gasteiger partial charge is 0.259 e. The van der Waals surface area contributed by atoms with Gasteiger partial charge in [0.05, 0.1) is 0 Å². The van der Waals surface area contributed by atoms with Gasteiger partial charge in [-0.1, -0.05) is 28.4 Å². The van der Waals surface area contributed by atoms with Gasteiger partial charge in [-0.15, -0.1) is 11.8 Å². The highest BCUT2D eigenvalue weighted by atomic mass is 35.5. The van der Waals surface area contributed by atoms with Gasteiger partial charge in [0.15, 0.2) is 0 Å². The molecule has 0 fully saturated rings. The molecule has 7 heteroatoms. The molecule has 3 rings (SSSR count). The third-order valence-electron chi connectivity index (χ3n) is 3.32. The van der Waals surface area contributed by atoms with E-state index in [2.05, 4.69) is 10.1 Å². The fraction of sp³-hybridized carbons (Fsp3) is 0.176. The van der Waals surface area contributed by atoms with E-state index in [1.165, 1.54) is 11.8 Å². The van der Waals surface area contributed by atoms with Crippen LogP contribution in [0.15, 0.2) is 57.9 Å². The fourth-order valence-corrected chi connectivity index (χ4v) is 3.13. The van der Waals surface area contributed by atoms with Gasteiger partial charge < -0.3 is 9.63 Å². The SMILES string of the molecule is CC(O)(CSc1ccc(Cl)cc1)c1nc(-c2ccc(Cl)cc2)no1. The Kier molecular flexibility index (Phi) is 5.15. The number of nitrogens with zero attached hydrogens (tertiary/aromatic N) is 2. The Morgan fingerprint density at radius 1 is 1.04 bits per heavy atom. The maximum Gasteiger partial charge on any atom is 0.259 e. The van der Waals surface area contributed by atoms with Gasteiger partial charge in [0.25, 0.3) is 5.89 Å². The molecule has 2 aromatic carbocycles. The summed E-state index contributed by atoms with van der Waals surface area (Å²) in [6.45, 7) is 1.65. The second-order valence-corrected chi connectivity index (χ2v) is 7.37. The first-order valence-electron chi connectivity index (χ1n) is 7.15. The van der Waals surface area contributed by atoms with E-state index in [1.54, 1.807) is 31.2 Å². The molecular weight excluding hydrogens is 367 g/mol. The van der Waals surface area contributed by atoms with Gasteiger partial charge in [-0.25, -0.2) is 0 Å². The van der Waals surface area contributed by atoms with Crippen molar-refractivity contribution in [2.75, 3.05) is 5.75 Å². The molecule has 0 saturated heterocycles. The number of thioether (sulfide) groups is 1. The molecule has 124 valence electrons. The van der Waals surface area contributed by atoms with Crippen molar-refractivity contribution in [2.24, 2.45) is 0 Å². The molecule has 1 N–H and O–H groups in total. The molecule has 24 heavy (non-hydrogen) atoms. The number of aromatic nitrogens is 2. The van der Waals surface area contributed by atoms with Gasteiger partial charge in [0, 0.05) is 26.3 Å². The maximum absolute atomic E-state index is 10.6. The average molecular weight is 381 g/mol. The first-order valence-corrected chi connectivity index (χ1v) is 8.89. The number of hydrogen-bond acceptors (Lipinski definition) is 5. The zero-order chi connectivity index (χ0) is 17.2. The van der Waals surface area contributed by atoms with Crippen LogP contribution in [0, 0.1) is 0 Å². The molecule has 0 bridgehead atoms. The monoisotopic (exact) mass is 380 g/mol. The normalized spacial score (nSPS) is 13.7. The van der Waals surface area contributed by atoms with E-state index in [0.717, 1.165) is 10.5 Å². The van der Waals surface area contributed by atoms with Crippen LogP contribution in [-0.2, 0) is 5.60 Å². The lowest BCUT2D eigenvalue weighted by molar-refractivity contribution is 0.0469. The highest BCUT2D eigenvalue weighted by Gasteiger charge is 2.30. The van der Waals surface area contributed by atoms with Crippen molar-refractivity contribution in [1.82, 2.24) is 10.1 Å². The van der Waals surface area contributed by atoms with Crippen LogP contribution >= 0.6 is 35.0 Å². The van der Waals surface area contributed by atoms with Crippen LogP contribution in [0.5, 0.6) is 0 Å². The van der Waals surface area contributed by atoms with Gasteiger partial charge in [-0.3, -0.25) is 0 Å². The summed E-state index contributed by atoms with van der Waals surface area (Å²) < 4.78 is 5.24. The second-order valence-electron chi connectivity index (χ2n) is 5.45. The summed E-state index contributed by atoms with van der Waals surface area (Å²) >= 11 is 13.2. The molecule has 1 aromatic heterocycles. The van der Waals surface area contributed by atoms with Crippen molar-refractivity contribution < 1.29 is 9.63 Å². The summed E-state index contributed by atoms with van der Waals surface area (Å²) in [6.07, 6.45) is 0. The molecule has 1 unspecified atom stereocenters. The van der Waals surface area contributed by atoms with E-state index in [0.29, 0.717) is 21.6 Å². The van der Waals surface area contributed by atoms with Gasteiger partial charge in [0.2, 0.25) is 5.82 Å². The molecular formula is C17H14Cl2N2O2S. The Balaban J connectivity index is 1.72. The molecule has 0 saturated carbocycles. The fourth-order valence-electron chi connectivity index (χ4n) is 1.97. The summed E-state index contributed by atoms with van der Waals surface area (Å²) in [6, 6.07) is 14.5. The molecule has 1 heterocycles. The Morgan fingerprint density at radius 2 is 1.62 bits per heavy atom. The summed E-state index contributed by atoms with van der Waals surface area (Å²) in [5, 5.41) is 15.9. The van der Waals surface area contributed by atoms with Crippen LogP contribution < -0.4 is 0 Å². The van der Waals surface area contributed by atoms with Crippen LogP contribution in [0.4, 0.5) is 0 Å². The van der Waals surface area contributed by atoms with Crippen molar-refractivity contribution in [3.8, 4) is 11.4 Å². The van der Waals surface area contributed by atoms with E-state index >= 15 is 0 Å². The number of hydrogen-bond donors (Lipinski definition) is 1. The van der Waals surface area contributed by atoms with Crippen LogP contribution in [-0.4, -0.2) is 21.0 Å². The molecule has 3 aromatic rings. The third kappa shape index (κ3) is 4.11. The predicted molar refractivity (Wildman–Crippen MR) is 96.5 cm³/mol. The van der Waals surface area contributed by atoms with Gasteiger partial charge >= 0.3 is 0 Å². The van der Waals surface area contributed by atoms with Crippen molar-refractivity contribution in [3.05, 3.63) is 64.5 Å². The molecule has 0 aliphatic heterocycles. The van der Waals surface area contributed by atoms with E-state index in [4.69, 9.17) is 27.7 Å². The molecule has 4 nitrogen and oxygen atoms in total. The number of aliphatic hydroxyl groups is 1. The topological polar surface area (TPSA) is 59.2 Å². The zero-order valence-corrected chi connectivity index (χ0v) is 15.1. The highest BCUT2D eigenvalue weighted by Crippen LogP contribution is 2.30. The molecule has 0 spiro atoms. The van der Waals surface area contributed by atoms with Crippen LogP contribution in [0.2, 0.25) is 10.0 Å². The Bertz CT molecular complexity index is 817. The minimum atomic E-state index is -1.25. The molecule has 0 amide bonds. The summed E-state index contributed by atoms with van der Waals surface area (Å²) in [7, 11) is 0. The van der Waals surface area contributed by atoms with Crippen LogP contribution in [0.25, 0.3) is 11.4 Å². The van der Waals surface area contributed by atoms with E-state index in [1.807, 2.05) is 24.3 Å². The lowest BCUT2D eigenvalue weighted by atomic mass is 10.1. The zero-order valence-electron chi connectivity index (χ0n) is 12.7. The van der Waals surface area contributed by atoms with Gasteiger partial charge in [-0.2, -0.15) is 4.98 Å². The van der Waals surface area contributed by atoms with Gasteiger partial charge in [-0.05, 0) is 55.5 Å². The lowest BCUT2D eigenvalue weighted by Gasteiger charge is -2.17. The van der Waals surface area contributed by atoms with Crippen LogP contribution in [0.3, 0.4) is 0 Å². The summed E-state index contributed by atoms with van der Waals surface area (Å²) in [5.41, 5.74) is -0.474. The standard InChI is InChI=1S/C17H14Cl2N2O2S/c1-17(22,10-24-14-8-6-13(19)7-9-14)16-20-15(21-23-16)11-2-4-12(18)5-3-11/h2-9,22H,10H2,1H3. The second kappa shape index (κ2) is 7.15. The number of rotatable bonds is 5. The Labute approximate surface area is 153 Å². The maximum atomic E-state index is 10.6. The first-order chi connectivity index (χ1) is 11.4.